The fourth-order valence-corrected chi connectivity index (χ4v) is 1.85. The van der Waals surface area contributed by atoms with Crippen molar-refractivity contribution in [1.82, 2.24) is 9.55 Å². The first-order valence-electron chi connectivity index (χ1n) is 5.77. The van der Waals surface area contributed by atoms with Crippen LogP contribution in [0, 0.1) is 5.82 Å². The maximum Gasteiger partial charge on any atom is 0.165 e. The molecule has 1 aromatic carbocycles. The summed E-state index contributed by atoms with van der Waals surface area (Å²) >= 11 is 0. The van der Waals surface area contributed by atoms with Gasteiger partial charge in [0.25, 0.3) is 0 Å². The SMILES string of the molecule is COc1ccc(Cn2ccnc2CCN)cc1F. The number of methoxy groups -OCH3 is 1. The fraction of sp³-hybridized carbons (Fsp3) is 0.308. The Morgan fingerprint density at radius 2 is 2.28 bits per heavy atom. The largest absolute Gasteiger partial charge is 0.494 e. The third kappa shape index (κ3) is 2.68. The molecule has 0 atom stereocenters. The fourth-order valence-electron chi connectivity index (χ4n) is 1.85. The first kappa shape index (κ1) is 12.6. The Kier molecular flexibility index (Phi) is 3.94. The zero-order valence-electron chi connectivity index (χ0n) is 10.3. The molecule has 0 aliphatic carbocycles. The van der Waals surface area contributed by atoms with Crippen molar-refractivity contribution in [3.8, 4) is 5.75 Å². The first-order valence-corrected chi connectivity index (χ1v) is 5.77. The van der Waals surface area contributed by atoms with Gasteiger partial charge in [-0.15, -0.1) is 0 Å². The minimum Gasteiger partial charge on any atom is -0.494 e. The van der Waals surface area contributed by atoms with Gasteiger partial charge in [0, 0.05) is 25.4 Å². The Hall–Kier alpha value is -1.88. The average Bonchev–Trinajstić information content (AvgIpc) is 2.78. The van der Waals surface area contributed by atoms with E-state index in [0.29, 0.717) is 19.5 Å². The van der Waals surface area contributed by atoms with Crippen LogP contribution in [0.3, 0.4) is 0 Å². The Balaban J connectivity index is 2.18. The molecule has 0 fully saturated rings. The molecule has 1 heterocycles. The molecule has 0 aliphatic heterocycles. The molecule has 0 unspecified atom stereocenters. The number of ether oxygens (including phenoxy) is 1. The van der Waals surface area contributed by atoms with Crippen LogP contribution in [0.1, 0.15) is 11.4 Å². The van der Waals surface area contributed by atoms with Gasteiger partial charge in [0.05, 0.1) is 7.11 Å². The molecule has 0 saturated heterocycles. The molecule has 0 amide bonds. The quantitative estimate of drug-likeness (QED) is 0.875. The third-order valence-corrected chi connectivity index (χ3v) is 2.74. The second-order valence-corrected chi connectivity index (χ2v) is 3.98. The summed E-state index contributed by atoms with van der Waals surface area (Å²) in [6.07, 6.45) is 4.31. The van der Waals surface area contributed by atoms with Crippen molar-refractivity contribution < 1.29 is 9.13 Å². The number of rotatable bonds is 5. The normalized spacial score (nSPS) is 10.6. The van der Waals surface area contributed by atoms with Gasteiger partial charge in [-0.1, -0.05) is 6.07 Å². The van der Waals surface area contributed by atoms with E-state index in [1.54, 1.807) is 12.3 Å². The van der Waals surface area contributed by atoms with E-state index in [2.05, 4.69) is 4.98 Å². The lowest BCUT2D eigenvalue weighted by atomic mass is 10.2. The van der Waals surface area contributed by atoms with Gasteiger partial charge in [-0.05, 0) is 24.2 Å². The summed E-state index contributed by atoms with van der Waals surface area (Å²) in [6, 6.07) is 4.95. The molecule has 0 radical (unpaired) electrons. The van der Waals surface area contributed by atoms with Crippen LogP contribution in [0.25, 0.3) is 0 Å². The molecule has 0 saturated carbocycles. The summed E-state index contributed by atoms with van der Waals surface area (Å²) in [7, 11) is 1.45. The summed E-state index contributed by atoms with van der Waals surface area (Å²) in [5, 5.41) is 0. The van der Waals surface area contributed by atoms with E-state index in [1.807, 2.05) is 16.8 Å². The van der Waals surface area contributed by atoms with Crippen molar-refractivity contribution >= 4 is 0 Å². The lowest BCUT2D eigenvalue weighted by Crippen LogP contribution is -2.10. The van der Waals surface area contributed by atoms with Crippen LogP contribution >= 0.6 is 0 Å². The molecule has 2 rings (SSSR count). The lowest BCUT2D eigenvalue weighted by molar-refractivity contribution is 0.386. The topological polar surface area (TPSA) is 53.1 Å². The van der Waals surface area contributed by atoms with Crippen molar-refractivity contribution in [2.24, 2.45) is 5.73 Å². The molecule has 4 nitrogen and oxygen atoms in total. The van der Waals surface area contributed by atoms with Crippen molar-refractivity contribution in [3.63, 3.8) is 0 Å². The van der Waals surface area contributed by atoms with Crippen LogP contribution in [0.5, 0.6) is 5.75 Å². The van der Waals surface area contributed by atoms with Gasteiger partial charge < -0.3 is 15.0 Å². The second-order valence-electron chi connectivity index (χ2n) is 3.98. The second kappa shape index (κ2) is 5.64. The zero-order chi connectivity index (χ0) is 13.0. The highest BCUT2D eigenvalue weighted by atomic mass is 19.1. The van der Waals surface area contributed by atoms with Crippen LogP contribution in [-0.2, 0) is 13.0 Å². The molecule has 1 aromatic heterocycles. The van der Waals surface area contributed by atoms with Gasteiger partial charge in [-0.25, -0.2) is 9.37 Å². The smallest absolute Gasteiger partial charge is 0.165 e. The lowest BCUT2D eigenvalue weighted by Gasteiger charge is -2.08. The first-order chi connectivity index (χ1) is 8.74. The summed E-state index contributed by atoms with van der Waals surface area (Å²) < 4.78 is 20.4. The van der Waals surface area contributed by atoms with Crippen molar-refractivity contribution in [2.45, 2.75) is 13.0 Å². The molecule has 5 heteroatoms. The number of imidazole rings is 1. The monoisotopic (exact) mass is 249 g/mol. The maximum atomic E-state index is 13.6. The van der Waals surface area contributed by atoms with Gasteiger partial charge in [-0.3, -0.25) is 0 Å². The number of nitrogens with two attached hydrogens (primary N) is 1. The van der Waals surface area contributed by atoms with E-state index in [4.69, 9.17) is 10.5 Å². The van der Waals surface area contributed by atoms with Gasteiger partial charge in [0.15, 0.2) is 11.6 Å². The third-order valence-electron chi connectivity index (χ3n) is 2.74. The predicted octanol–water partition coefficient (Wildman–Crippen LogP) is 1.58. The number of benzene rings is 1. The summed E-state index contributed by atoms with van der Waals surface area (Å²) in [5.41, 5.74) is 6.38. The van der Waals surface area contributed by atoms with Gasteiger partial charge in [0.1, 0.15) is 5.82 Å². The highest BCUT2D eigenvalue weighted by Gasteiger charge is 2.06. The molecular formula is C13H16FN3O. The zero-order valence-corrected chi connectivity index (χ0v) is 10.3. The molecular weight excluding hydrogens is 233 g/mol. The van der Waals surface area contributed by atoms with E-state index < -0.39 is 0 Å². The van der Waals surface area contributed by atoms with Crippen LogP contribution in [0.4, 0.5) is 4.39 Å². The Morgan fingerprint density at radius 3 is 2.94 bits per heavy atom. The number of halogens is 1. The van der Waals surface area contributed by atoms with Gasteiger partial charge >= 0.3 is 0 Å². The minimum absolute atomic E-state index is 0.256. The molecule has 0 spiro atoms. The molecule has 96 valence electrons. The van der Waals surface area contributed by atoms with Gasteiger partial charge in [0.2, 0.25) is 0 Å². The van der Waals surface area contributed by atoms with E-state index in [-0.39, 0.29) is 11.6 Å². The summed E-state index contributed by atoms with van der Waals surface area (Å²) in [5.74, 6) is 0.816. The predicted molar refractivity (Wildman–Crippen MR) is 67.0 cm³/mol. The van der Waals surface area contributed by atoms with Crippen LogP contribution in [0.2, 0.25) is 0 Å². The van der Waals surface area contributed by atoms with Gasteiger partial charge in [-0.2, -0.15) is 0 Å². The van der Waals surface area contributed by atoms with E-state index in [9.17, 15) is 4.39 Å². The highest BCUT2D eigenvalue weighted by Crippen LogP contribution is 2.18. The Labute approximate surface area is 105 Å². The van der Waals surface area contributed by atoms with Crippen LogP contribution in [-0.4, -0.2) is 23.2 Å². The van der Waals surface area contributed by atoms with Crippen LogP contribution in [0.15, 0.2) is 30.6 Å². The van der Waals surface area contributed by atoms with Crippen molar-refractivity contribution in [1.29, 1.82) is 0 Å². The minimum atomic E-state index is -0.351. The van der Waals surface area contributed by atoms with Crippen LogP contribution < -0.4 is 10.5 Å². The number of hydrogen-bond acceptors (Lipinski definition) is 3. The van der Waals surface area contributed by atoms with E-state index >= 15 is 0 Å². The number of nitrogens with zero attached hydrogens (tertiary/aromatic N) is 2. The number of aromatic nitrogens is 2. The molecule has 0 bridgehead atoms. The summed E-state index contributed by atoms with van der Waals surface area (Å²) in [6.45, 7) is 1.13. The van der Waals surface area contributed by atoms with Crippen molar-refractivity contribution in [3.05, 3.63) is 47.8 Å². The highest BCUT2D eigenvalue weighted by molar-refractivity contribution is 5.29. The maximum absolute atomic E-state index is 13.6. The standard InChI is InChI=1S/C13H16FN3O/c1-18-12-3-2-10(8-11(12)14)9-17-7-6-16-13(17)4-5-15/h2-3,6-8H,4-5,9,15H2,1H3. The molecule has 18 heavy (non-hydrogen) atoms. The van der Waals surface area contributed by atoms with Crippen molar-refractivity contribution in [2.75, 3.05) is 13.7 Å². The molecule has 0 aliphatic rings. The average molecular weight is 249 g/mol. The Bertz CT molecular complexity index is 525. The van der Waals surface area contributed by atoms with E-state index in [0.717, 1.165) is 11.4 Å². The molecule has 2 N–H and O–H groups in total. The molecule has 2 aromatic rings. The number of hydrogen-bond donors (Lipinski definition) is 1. The Morgan fingerprint density at radius 1 is 1.44 bits per heavy atom. The van der Waals surface area contributed by atoms with E-state index in [1.165, 1.54) is 13.2 Å². The summed E-state index contributed by atoms with van der Waals surface area (Å²) in [4.78, 5) is 4.22.